The Morgan fingerprint density at radius 1 is 0.846 bits per heavy atom. The van der Waals surface area contributed by atoms with Crippen molar-refractivity contribution < 1.29 is 68.1 Å². The fourth-order valence-corrected chi connectivity index (χ4v) is 0. The van der Waals surface area contributed by atoms with Crippen LogP contribution in [0, 0.1) is 0 Å². The van der Waals surface area contributed by atoms with Crippen LogP contribution in [0.2, 0.25) is 0 Å². The van der Waals surface area contributed by atoms with Gasteiger partial charge in [-0.05, 0) is 0 Å². The van der Waals surface area contributed by atoms with Gasteiger partial charge in [0.25, 0.3) is 0 Å². The van der Waals surface area contributed by atoms with Gasteiger partial charge in [0.2, 0.25) is 20.8 Å². The maximum absolute atomic E-state index is 8.63. The number of rotatable bonds is 0. The molecule has 0 aliphatic carbocycles. The van der Waals surface area contributed by atoms with Gasteiger partial charge in [-0.25, -0.2) is 16.8 Å². The molecule has 0 amide bonds. The van der Waals surface area contributed by atoms with E-state index < -0.39 is 20.8 Å². The van der Waals surface area contributed by atoms with Gasteiger partial charge in [0.1, 0.15) is 0 Å². The third-order valence-corrected chi connectivity index (χ3v) is 0. The van der Waals surface area contributed by atoms with E-state index in [-0.39, 0.29) is 5.48 Å². The summed E-state index contributed by atoms with van der Waals surface area (Å²) in [6.45, 7) is 0. The van der Waals surface area contributed by atoms with Crippen LogP contribution in [0.5, 0.6) is 0 Å². The van der Waals surface area contributed by atoms with Crippen LogP contribution >= 0.6 is 0 Å². The molecule has 0 spiro atoms. The first-order valence-electron chi connectivity index (χ1n) is 1.57. The van der Waals surface area contributed by atoms with E-state index in [4.69, 9.17) is 37.9 Å². The Morgan fingerprint density at radius 2 is 0.846 bits per heavy atom. The van der Waals surface area contributed by atoms with Crippen molar-refractivity contribution in [3.63, 3.8) is 0 Å². The predicted octanol–water partition coefficient (Wildman–Crippen LogP) is -2.94. The summed E-state index contributed by atoms with van der Waals surface area (Å²) in [5, 5.41) is 0. The zero-order valence-electron chi connectivity index (χ0n) is 5.57. The molecule has 0 radical (unpaired) electrons. The Bertz CT molecular complexity index is 222. The van der Waals surface area contributed by atoms with Gasteiger partial charge in [-0.3, -0.25) is 9.11 Å². The SMILES string of the molecule is O.O=S(=O)([O-])O.O=S(=O)([O-])O.[O]=[Zr+2]. The first-order chi connectivity index (χ1) is 5.00. The van der Waals surface area contributed by atoms with Crippen LogP contribution in [0.25, 0.3) is 0 Å². The molecule has 0 saturated heterocycles. The van der Waals surface area contributed by atoms with E-state index in [1.54, 1.807) is 0 Å². The Kier molecular flexibility index (Phi) is 18.8. The van der Waals surface area contributed by atoms with Crippen molar-refractivity contribution in [2.24, 2.45) is 0 Å². The van der Waals surface area contributed by atoms with Crippen molar-refractivity contribution >= 4 is 20.8 Å². The topological polar surface area (TPSA) is 203 Å². The van der Waals surface area contributed by atoms with Crippen LogP contribution in [-0.2, 0) is 48.3 Å². The van der Waals surface area contributed by atoms with E-state index in [9.17, 15) is 0 Å². The van der Waals surface area contributed by atoms with Crippen molar-refractivity contribution in [2.45, 2.75) is 0 Å². The second kappa shape index (κ2) is 10.5. The molecule has 4 N–H and O–H groups in total. The molecule has 0 aromatic carbocycles. The normalized spacial score (nSPS) is 9.38. The van der Waals surface area contributed by atoms with Crippen LogP contribution in [0.4, 0.5) is 0 Å². The van der Waals surface area contributed by atoms with E-state index in [1.807, 2.05) is 0 Å². The second-order valence-electron chi connectivity index (χ2n) is 0.855. The standard InChI is InChI=1S/2H2O4S.H2O.O.Zr/c2*1-5(2,3)4;;;/h2*(H2,1,2,3,4);1H2;;/q;;;;+2/p-2. The minimum absolute atomic E-state index is 0. The average Bonchev–Trinajstić information content (AvgIpc) is 1.59. The molecule has 10 nitrogen and oxygen atoms in total. The Hall–Kier alpha value is 0.383. The van der Waals surface area contributed by atoms with E-state index in [2.05, 4.69) is 0 Å². The molecule has 13 heteroatoms. The van der Waals surface area contributed by atoms with E-state index in [0.717, 1.165) is 0 Å². The molecule has 0 aromatic heterocycles. The van der Waals surface area contributed by atoms with Crippen molar-refractivity contribution in [1.29, 1.82) is 0 Å². The van der Waals surface area contributed by atoms with Crippen LogP contribution in [-0.4, -0.2) is 40.5 Å². The van der Waals surface area contributed by atoms with Crippen molar-refractivity contribution in [2.75, 3.05) is 0 Å². The fourth-order valence-electron chi connectivity index (χ4n) is 0. The molecular formula is H4O10S2Zr. The summed E-state index contributed by atoms with van der Waals surface area (Å²) in [5.41, 5.74) is 0. The molecule has 0 atom stereocenters. The van der Waals surface area contributed by atoms with Gasteiger partial charge in [-0.15, -0.1) is 0 Å². The summed E-state index contributed by atoms with van der Waals surface area (Å²) in [5.74, 6) is 0. The van der Waals surface area contributed by atoms with E-state index >= 15 is 0 Å². The molecule has 0 unspecified atom stereocenters. The third-order valence-electron chi connectivity index (χ3n) is 0. The third kappa shape index (κ3) is 9100. The van der Waals surface area contributed by atoms with Crippen LogP contribution < -0.4 is 0 Å². The number of hydrogen-bond donors (Lipinski definition) is 2. The maximum atomic E-state index is 8.63. The van der Waals surface area contributed by atoms with E-state index in [1.165, 1.54) is 0 Å². The Labute approximate surface area is 88.7 Å². The van der Waals surface area contributed by atoms with Crippen molar-refractivity contribution in [3.8, 4) is 0 Å². The molecule has 0 aromatic rings. The summed E-state index contributed by atoms with van der Waals surface area (Å²) in [4.78, 5) is 0. The van der Waals surface area contributed by atoms with Gasteiger partial charge in [0, 0.05) is 0 Å². The first-order valence-corrected chi connectivity index (χ1v) is 5.30. The van der Waals surface area contributed by atoms with Gasteiger partial charge >= 0.3 is 27.5 Å². The summed E-state index contributed by atoms with van der Waals surface area (Å²) < 4.78 is 74.0. The zero-order chi connectivity index (χ0) is 11.0. The van der Waals surface area contributed by atoms with Gasteiger partial charge in [-0.2, -0.15) is 0 Å². The van der Waals surface area contributed by atoms with Gasteiger partial charge in [0.05, 0.1) is 0 Å². The fraction of sp³-hybridized carbons (Fsp3) is 0. The molecule has 13 heavy (non-hydrogen) atoms. The number of hydrogen-bond acceptors (Lipinski definition) is 7. The summed E-state index contributed by atoms with van der Waals surface area (Å²) in [7, 11) is -9.83. The van der Waals surface area contributed by atoms with Gasteiger partial charge in [-0.1, -0.05) is 0 Å². The predicted molar refractivity (Wildman–Crippen MR) is 29.0 cm³/mol. The Balaban J connectivity index is -0.0000000491. The first kappa shape index (κ1) is 23.3. The van der Waals surface area contributed by atoms with Gasteiger partial charge < -0.3 is 14.6 Å². The molecule has 80 valence electrons. The summed E-state index contributed by atoms with van der Waals surface area (Å²) in [6, 6.07) is 0. The summed E-state index contributed by atoms with van der Waals surface area (Å²) >= 11 is 0.300. The van der Waals surface area contributed by atoms with E-state index in [0.29, 0.717) is 24.7 Å². The Morgan fingerprint density at radius 3 is 0.846 bits per heavy atom. The molecular weight excluding hydrogens is 315 g/mol. The quantitative estimate of drug-likeness (QED) is 0.345. The van der Waals surface area contributed by atoms with Crippen molar-refractivity contribution in [3.05, 3.63) is 0 Å². The van der Waals surface area contributed by atoms with Crippen LogP contribution in [0.3, 0.4) is 0 Å². The molecule has 0 heterocycles. The monoisotopic (exact) mass is 318 g/mol. The average molecular weight is 319 g/mol. The zero-order valence-corrected chi connectivity index (χ0v) is 9.66. The van der Waals surface area contributed by atoms with Gasteiger partial charge in [0.15, 0.2) is 0 Å². The summed E-state index contributed by atoms with van der Waals surface area (Å²) in [6.07, 6.45) is 0. The molecule has 0 aliphatic rings. The minimum atomic E-state index is -4.92. The van der Waals surface area contributed by atoms with Crippen LogP contribution in [0.1, 0.15) is 0 Å². The van der Waals surface area contributed by atoms with Crippen molar-refractivity contribution in [1.82, 2.24) is 0 Å². The second-order valence-corrected chi connectivity index (χ2v) is 2.57. The molecule has 0 aliphatic heterocycles. The molecule has 0 bridgehead atoms. The molecule has 0 saturated carbocycles. The molecule has 0 rings (SSSR count). The molecule has 0 fully saturated rings. The van der Waals surface area contributed by atoms with Crippen LogP contribution in [0.15, 0.2) is 0 Å².